The molecular formula is C20H27FN2O3. The van der Waals surface area contributed by atoms with Crippen molar-refractivity contribution in [1.82, 2.24) is 10.2 Å². The van der Waals surface area contributed by atoms with Gasteiger partial charge in [0, 0.05) is 6.04 Å². The molecular weight excluding hydrogens is 335 g/mol. The molecule has 2 aliphatic rings. The SMILES string of the molecule is CC(C)NC(=O)[C@@H]1CO[C@@]2(CCC[C@H](C)C2)N1C(=O)c1ccccc1F. The van der Waals surface area contributed by atoms with Gasteiger partial charge in [-0.3, -0.25) is 14.5 Å². The van der Waals surface area contributed by atoms with Gasteiger partial charge in [-0.25, -0.2) is 4.39 Å². The number of rotatable bonds is 3. The molecule has 5 nitrogen and oxygen atoms in total. The Hall–Kier alpha value is -1.95. The van der Waals surface area contributed by atoms with Crippen LogP contribution < -0.4 is 5.32 Å². The van der Waals surface area contributed by atoms with Crippen molar-refractivity contribution in [3.8, 4) is 0 Å². The van der Waals surface area contributed by atoms with Crippen LogP contribution in [-0.2, 0) is 9.53 Å². The Morgan fingerprint density at radius 2 is 2.08 bits per heavy atom. The summed E-state index contributed by atoms with van der Waals surface area (Å²) in [6.45, 7) is 6.01. The molecule has 1 saturated carbocycles. The smallest absolute Gasteiger partial charge is 0.259 e. The van der Waals surface area contributed by atoms with E-state index in [-0.39, 0.29) is 24.1 Å². The molecule has 0 aromatic heterocycles. The second-order valence-electron chi connectivity index (χ2n) is 7.79. The van der Waals surface area contributed by atoms with Crippen molar-refractivity contribution >= 4 is 11.8 Å². The molecule has 0 radical (unpaired) electrons. The van der Waals surface area contributed by atoms with Crippen LogP contribution in [-0.4, -0.2) is 41.1 Å². The van der Waals surface area contributed by atoms with Crippen LogP contribution in [0.2, 0.25) is 0 Å². The second kappa shape index (κ2) is 7.35. The number of benzene rings is 1. The fourth-order valence-electron chi connectivity index (χ4n) is 4.15. The minimum absolute atomic E-state index is 0.0158. The van der Waals surface area contributed by atoms with Gasteiger partial charge in [0.1, 0.15) is 17.6 Å². The molecule has 1 aliphatic heterocycles. The van der Waals surface area contributed by atoms with E-state index in [1.165, 1.54) is 17.0 Å². The van der Waals surface area contributed by atoms with Gasteiger partial charge >= 0.3 is 0 Å². The number of hydrogen-bond donors (Lipinski definition) is 1. The average molecular weight is 362 g/mol. The zero-order valence-corrected chi connectivity index (χ0v) is 15.6. The van der Waals surface area contributed by atoms with E-state index in [1.807, 2.05) is 13.8 Å². The van der Waals surface area contributed by atoms with Crippen LogP contribution in [0, 0.1) is 11.7 Å². The van der Waals surface area contributed by atoms with Crippen molar-refractivity contribution in [2.75, 3.05) is 6.61 Å². The molecule has 2 amide bonds. The summed E-state index contributed by atoms with van der Waals surface area (Å²) < 4.78 is 20.4. The number of nitrogens with zero attached hydrogens (tertiary/aromatic N) is 1. The molecule has 1 aliphatic carbocycles. The van der Waals surface area contributed by atoms with Gasteiger partial charge in [-0.1, -0.05) is 25.5 Å². The second-order valence-corrected chi connectivity index (χ2v) is 7.79. The van der Waals surface area contributed by atoms with Crippen LogP contribution in [0.1, 0.15) is 56.8 Å². The van der Waals surface area contributed by atoms with Crippen LogP contribution in [0.25, 0.3) is 0 Å². The van der Waals surface area contributed by atoms with E-state index in [9.17, 15) is 14.0 Å². The Kier molecular flexibility index (Phi) is 5.32. The number of halogens is 1. The molecule has 0 bridgehead atoms. The van der Waals surface area contributed by atoms with E-state index in [2.05, 4.69) is 12.2 Å². The Morgan fingerprint density at radius 1 is 1.35 bits per heavy atom. The van der Waals surface area contributed by atoms with E-state index >= 15 is 0 Å². The molecule has 2 fully saturated rings. The zero-order valence-electron chi connectivity index (χ0n) is 15.6. The first-order valence-corrected chi connectivity index (χ1v) is 9.36. The summed E-state index contributed by atoms with van der Waals surface area (Å²) in [4.78, 5) is 27.5. The molecule has 1 heterocycles. The molecule has 1 saturated heterocycles. The lowest BCUT2D eigenvalue weighted by Gasteiger charge is -2.43. The van der Waals surface area contributed by atoms with Crippen molar-refractivity contribution in [3.05, 3.63) is 35.6 Å². The van der Waals surface area contributed by atoms with Crippen LogP contribution in [0.5, 0.6) is 0 Å². The van der Waals surface area contributed by atoms with E-state index in [0.717, 1.165) is 12.8 Å². The molecule has 1 spiro atoms. The fourth-order valence-corrected chi connectivity index (χ4v) is 4.15. The van der Waals surface area contributed by atoms with Gasteiger partial charge in [0.2, 0.25) is 5.91 Å². The molecule has 26 heavy (non-hydrogen) atoms. The number of amides is 2. The van der Waals surface area contributed by atoms with Crippen LogP contribution in [0.15, 0.2) is 24.3 Å². The maximum absolute atomic E-state index is 14.3. The third-order valence-corrected chi connectivity index (χ3v) is 5.25. The molecule has 0 unspecified atom stereocenters. The van der Waals surface area contributed by atoms with Crippen LogP contribution in [0.3, 0.4) is 0 Å². The summed E-state index contributed by atoms with van der Waals surface area (Å²) in [5, 5.41) is 2.86. The van der Waals surface area contributed by atoms with E-state index in [0.29, 0.717) is 18.8 Å². The molecule has 6 heteroatoms. The van der Waals surface area contributed by atoms with Gasteiger partial charge in [-0.05, 0) is 51.2 Å². The molecule has 1 aromatic rings. The summed E-state index contributed by atoms with van der Waals surface area (Å²) in [6.07, 6.45) is 3.32. The van der Waals surface area contributed by atoms with Crippen molar-refractivity contribution in [2.45, 2.75) is 64.3 Å². The first-order chi connectivity index (χ1) is 12.3. The first-order valence-electron chi connectivity index (χ1n) is 9.36. The van der Waals surface area contributed by atoms with Crippen molar-refractivity contribution in [2.24, 2.45) is 5.92 Å². The topological polar surface area (TPSA) is 58.6 Å². The molecule has 3 rings (SSSR count). The van der Waals surface area contributed by atoms with Gasteiger partial charge in [0.15, 0.2) is 0 Å². The number of carbonyl (C=O) groups is 2. The van der Waals surface area contributed by atoms with Gasteiger partial charge in [-0.2, -0.15) is 0 Å². The Bertz CT molecular complexity index is 693. The monoisotopic (exact) mass is 362 g/mol. The fraction of sp³-hybridized carbons (Fsp3) is 0.600. The minimum Gasteiger partial charge on any atom is -0.353 e. The van der Waals surface area contributed by atoms with Crippen LogP contribution >= 0.6 is 0 Å². The lowest BCUT2D eigenvalue weighted by molar-refractivity contribution is -0.128. The third-order valence-electron chi connectivity index (χ3n) is 5.25. The lowest BCUT2D eigenvalue weighted by atomic mass is 9.83. The maximum atomic E-state index is 14.3. The Balaban J connectivity index is 1.98. The quantitative estimate of drug-likeness (QED) is 0.899. The zero-order chi connectivity index (χ0) is 18.9. The van der Waals surface area contributed by atoms with Crippen molar-refractivity contribution in [1.29, 1.82) is 0 Å². The van der Waals surface area contributed by atoms with Gasteiger partial charge in [0.25, 0.3) is 5.91 Å². The van der Waals surface area contributed by atoms with E-state index < -0.39 is 23.5 Å². The van der Waals surface area contributed by atoms with Gasteiger partial charge in [-0.15, -0.1) is 0 Å². The minimum atomic E-state index is -0.823. The normalized spacial score (nSPS) is 28.6. The third kappa shape index (κ3) is 3.47. The predicted octanol–water partition coefficient (Wildman–Crippen LogP) is 3.10. The highest BCUT2D eigenvalue weighted by molar-refractivity contribution is 5.98. The highest BCUT2D eigenvalue weighted by Gasteiger charge is 2.54. The van der Waals surface area contributed by atoms with Gasteiger partial charge in [0.05, 0.1) is 12.2 Å². The summed E-state index contributed by atoms with van der Waals surface area (Å²) in [6, 6.07) is 5.13. The van der Waals surface area contributed by atoms with Gasteiger partial charge < -0.3 is 10.1 Å². The summed E-state index contributed by atoms with van der Waals surface area (Å²) >= 11 is 0. The maximum Gasteiger partial charge on any atom is 0.259 e. The number of carbonyl (C=O) groups excluding carboxylic acids is 2. The lowest BCUT2D eigenvalue weighted by Crippen LogP contribution is -2.57. The van der Waals surface area contributed by atoms with Crippen molar-refractivity contribution < 1.29 is 18.7 Å². The molecule has 1 aromatic carbocycles. The number of ether oxygens (including phenoxy) is 1. The number of hydrogen-bond acceptors (Lipinski definition) is 3. The molecule has 142 valence electrons. The standard InChI is InChI=1S/C20H27FN2O3/c1-13(2)22-18(24)17-12-26-20(10-6-7-14(3)11-20)23(17)19(25)15-8-4-5-9-16(15)21/h4-5,8-9,13-14,17H,6-7,10-12H2,1-3H3,(H,22,24)/t14-,17-,20+/m0/s1. The van der Waals surface area contributed by atoms with Crippen molar-refractivity contribution in [3.63, 3.8) is 0 Å². The highest BCUT2D eigenvalue weighted by atomic mass is 19.1. The van der Waals surface area contributed by atoms with E-state index in [1.54, 1.807) is 12.1 Å². The highest BCUT2D eigenvalue weighted by Crippen LogP contribution is 2.43. The molecule has 3 atom stereocenters. The number of nitrogens with one attached hydrogen (secondary N) is 1. The summed E-state index contributed by atoms with van der Waals surface area (Å²) in [5.74, 6) is -0.920. The largest absolute Gasteiger partial charge is 0.353 e. The average Bonchev–Trinajstić information content (AvgIpc) is 2.92. The first kappa shape index (κ1) is 18.8. The Morgan fingerprint density at radius 3 is 2.73 bits per heavy atom. The predicted molar refractivity (Wildman–Crippen MR) is 96.0 cm³/mol. The molecule has 1 N–H and O–H groups in total. The summed E-state index contributed by atoms with van der Waals surface area (Å²) in [7, 11) is 0. The van der Waals surface area contributed by atoms with E-state index in [4.69, 9.17) is 4.74 Å². The van der Waals surface area contributed by atoms with Crippen LogP contribution in [0.4, 0.5) is 4.39 Å². The Labute approximate surface area is 153 Å². The summed E-state index contributed by atoms with van der Waals surface area (Å²) in [5.41, 5.74) is -0.839.